The number of aliphatic hydroxyl groups excluding tert-OH is 1. The van der Waals surface area contributed by atoms with Crippen molar-refractivity contribution in [2.24, 2.45) is 5.41 Å². The Morgan fingerprint density at radius 1 is 1.30 bits per heavy atom. The van der Waals surface area contributed by atoms with Crippen LogP contribution in [0.4, 0.5) is 4.79 Å². The molecule has 1 N–H and O–H groups in total. The van der Waals surface area contributed by atoms with Crippen molar-refractivity contribution in [2.75, 3.05) is 19.7 Å². The Morgan fingerprint density at radius 2 is 1.96 bits per heavy atom. The summed E-state index contributed by atoms with van der Waals surface area (Å²) in [6.45, 7) is 9.02. The number of hydrogen-bond acceptors (Lipinski definition) is 3. The molecule has 1 aromatic carbocycles. The van der Waals surface area contributed by atoms with Crippen LogP contribution in [0.3, 0.4) is 0 Å². The molecule has 1 heterocycles. The Labute approximate surface area is 139 Å². The number of nitrogens with zero attached hydrogens (tertiary/aromatic N) is 1. The van der Waals surface area contributed by atoms with Crippen LogP contribution in [0.5, 0.6) is 0 Å². The molecule has 0 bridgehead atoms. The second kappa shape index (κ2) is 6.91. The number of amides is 1. The molecule has 0 radical (unpaired) electrons. The molecule has 1 fully saturated rings. The zero-order valence-electron chi connectivity index (χ0n) is 14.8. The number of hydrogen-bond donors (Lipinski definition) is 1. The first-order valence-electron chi connectivity index (χ1n) is 8.37. The molecule has 0 aromatic heterocycles. The van der Waals surface area contributed by atoms with E-state index in [1.165, 1.54) is 11.1 Å². The highest BCUT2D eigenvalue weighted by molar-refractivity contribution is 5.68. The fourth-order valence-corrected chi connectivity index (χ4v) is 3.16. The summed E-state index contributed by atoms with van der Waals surface area (Å²) in [5, 5.41) is 10.0. The molecular weight excluding hydrogens is 290 g/mol. The number of rotatable bonds is 3. The Bertz CT molecular complexity index is 533. The van der Waals surface area contributed by atoms with E-state index < -0.39 is 5.60 Å². The van der Waals surface area contributed by atoms with Crippen molar-refractivity contribution >= 4 is 6.09 Å². The van der Waals surface area contributed by atoms with E-state index in [0.717, 1.165) is 19.3 Å². The smallest absolute Gasteiger partial charge is 0.410 e. The molecule has 0 saturated carbocycles. The fourth-order valence-electron chi connectivity index (χ4n) is 3.16. The molecule has 1 aromatic rings. The molecule has 1 atom stereocenters. The van der Waals surface area contributed by atoms with Crippen molar-refractivity contribution in [3.05, 3.63) is 35.4 Å². The summed E-state index contributed by atoms with van der Waals surface area (Å²) < 4.78 is 5.49. The van der Waals surface area contributed by atoms with Crippen molar-refractivity contribution in [2.45, 2.75) is 52.6 Å². The van der Waals surface area contributed by atoms with E-state index in [9.17, 15) is 9.90 Å². The highest BCUT2D eigenvalue weighted by Crippen LogP contribution is 2.34. The van der Waals surface area contributed by atoms with Gasteiger partial charge in [-0.3, -0.25) is 0 Å². The molecule has 0 aliphatic carbocycles. The third-order valence-corrected chi connectivity index (χ3v) is 4.35. The first-order chi connectivity index (χ1) is 10.7. The summed E-state index contributed by atoms with van der Waals surface area (Å²) in [6.07, 6.45) is 2.32. The van der Waals surface area contributed by atoms with Gasteiger partial charge < -0.3 is 14.7 Å². The quantitative estimate of drug-likeness (QED) is 0.927. The van der Waals surface area contributed by atoms with Gasteiger partial charge in [0.15, 0.2) is 0 Å². The van der Waals surface area contributed by atoms with Crippen LogP contribution >= 0.6 is 0 Å². The minimum absolute atomic E-state index is 0.0835. The predicted molar refractivity (Wildman–Crippen MR) is 91.4 cm³/mol. The van der Waals surface area contributed by atoms with Crippen LogP contribution < -0.4 is 0 Å². The van der Waals surface area contributed by atoms with Gasteiger partial charge in [0.05, 0.1) is 6.61 Å². The Morgan fingerprint density at radius 3 is 2.52 bits per heavy atom. The summed E-state index contributed by atoms with van der Waals surface area (Å²) in [5.74, 6) is 0. The largest absolute Gasteiger partial charge is 0.444 e. The topological polar surface area (TPSA) is 49.8 Å². The van der Waals surface area contributed by atoms with Crippen molar-refractivity contribution in [1.29, 1.82) is 0 Å². The number of piperidine rings is 1. The monoisotopic (exact) mass is 319 g/mol. The maximum Gasteiger partial charge on any atom is 0.410 e. The summed E-state index contributed by atoms with van der Waals surface area (Å²) in [5.41, 5.74) is 1.67. The van der Waals surface area contributed by atoms with Gasteiger partial charge in [-0.25, -0.2) is 4.79 Å². The second-order valence-corrected chi connectivity index (χ2v) is 7.83. The average Bonchev–Trinajstić information content (AvgIpc) is 2.48. The Hall–Kier alpha value is -1.55. The number of ether oxygens (including phenoxy) is 1. The molecule has 1 unspecified atom stereocenters. The standard InChI is InChI=1S/C19H29NO3/c1-15-6-8-16(9-7-15)12-19(14-21)10-5-11-20(13-19)17(22)23-18(2,3)4/h6-9,21H,5,10-14H2,1-4H3. The van der Waals surface area contributed by atoms with Gasteiger partial charge in [-0.05, 0) is 52.5 Å². The van der Waals surface area contributed by atoms with Gasteiger partial charge in [0.25, 0.3) is 0 Å². The lowest BCUT2D eigenvalue weighted by Gasteiger charge is -2.42. The number of carbonyl (C=O) groups is 1. The van der Waals surface area contributed by atoms with Gasteiger partial charge in [-0.2, -0.15) is 0 Å². The van der Waals surface area contributed by atoms with E-state index in [-0.39, 0.29) is 18.1 Å². The SMILES string of the molecule is Cc1ccc(CC2(CO)CCCN(C(=O)OC(C)(C)C)C2)cc1. The summed E-state index contributed by atoms with van der Waals surface area (Å²) in [6, 6.07) is 8.40. The normalized spacial score (nSPS) is 22.0. The zero-order chi connectivity index (χ0) is 17.1. The number of aliphatic hydroxyl groups is 1. The highest BCUT2D eigenvalue weighted by atomic mass is 16.6. The number of likely N-dealkylation sites (tertiary alicyclic amines) is 1. The average molecular weight is 319 g/mol. The van der Waals surface area contributed by atoms with Crippen LogP contribution in [0, 0.1) is 12.3 Å². The number of aryl methyl sites for hydroxylation is 1. The van der Waals surface area contributed by atoms with Crippen LogP contribution in [-0.2, 0) is 11.2 Å². The van der Waals surface area contributed by atoms with Crippen molar-refractivity contribution < 1.29 is 14.6 Å². The molecule has 1 aliphatic rings. The third-order valence-electron chi connectivity index (χ3n) is 4.35. The molecule has 4 heteroatoms. The van der Waals surface area contributed by atoms with Gasteiger partial charge >= 0.3 is 6.09 Å². The van der Waals surface area contributed by atoms with E-state index in [2.05, 4.69) is 31.2 Å². The first kappa shape index (κ1) is 17.8. The Kier molecular flexibility index (Phi) is 5.35. The lowest BCUT2D eigenvalue weighted by Crippen LogP contribution is -2.50. The molecule has 2 rings (SSSR count). The van der Waals surface area contributed by atoms with Crippen LogP contribution in [0.1, 0.15) is 44.7 Å². The maximum atomic E-state index is 12.3. The molecule has 1 aliphatic heterocycles. The van der Waals surface area contributed by atoms with Crippen molar-refractivity contribution in [3.63, 3.8) is 0 Å². The molecule has 1 amide bonds. The fraction of sp³-hybridized carbons (Fsp3) is 0.632. The Balaban J connectivity index is 2.09. The van der Waals surface area contributed by atoms with Gasteiger partial charge in [0.2, 0.25) is 0 Å². The summed E-state index contributed by atoms with van der Waals surface area (Å²) in [4.78, 5) is 14.1. The summed E-state index contributed by atoms with van der Waals surface area (Å²) >= 11 is 0. The van der Waals surface area contributed by atoms with Crippen molar-refractivity contribution in [3.8, 4) is 0 Å². The van der Waals surface area contributed by atoms with Gasteiger partial charge in [-0.15, -0.1) is 0 Å². The van der Waals surface area contributed by atoms with Crippen LogP contribution in [0.2, 0.25) is 0 Å². The maximum absolute atomic E-state index is 12.3. The van der Waals surface area contributed by atoms with Gasteiger partial charge in [0, 0.05) is 18.5 Å². The van der Waals surface area contributed by atoms with E-state index >= 15 is 0 Å². The third kappa shape index (κ3) is 4.96. The minimum atomic E-state index is -0.493. The molecule has 4 nitrogen and oxygen atoms in total. The lowest BCUT2D eigenvalue weighted by molar-refractivity contribution is -0.00845. The second-order valence-electron chi connectivity index (χ2n) is 7.83. The molecule has 0 spiro atoms. The molecule has 128 valence electrons. The number of benzene rings is 1. The van der Waals surface area contributed by atoms with E-state index in [4.69, 9.17) is 4.74 Å². The van der Waals surface area contributed by atoms with Crippen LogP contribution in [-0.4, -0.2) is 41.4 Å². The highest BCUT2D eigenvalue weighted by Gasteiger charge is 2.38. The first-order valence-corrected chi connectivity index (χ1v) is 8.37. The van der Waals surface area contributed by atoms with Crippen molar-refractivity contribution in [1.82, 2.24) is 4.90 Å². The van der Waals surface area contributed by atoms with Crippen LogP contribution in [0.15, 0.2) is 24.3 Å². The van der Waals surface area contributed by atoms with E-state index in [0.29, 0.717) is 13.1 Å². The molecule has 23 heavy (non-hydrogen) atoms. The summed E-state index contributed by atoms with van der Waals surface area (Å²) in [7, 11) is 0. The van der Waals surface area contributed by atoms with E-state index in [1.54, 1.807) is 4.90 Å². The lowest BCUT2D eigenvalue weighted by atomic mass is 9.76. The van der Waals surface area contributed by atoms with Crippen LogP contribution in [0.25, 0.3) is 0 Å². The van der Waals surface area contributed by atoms with Gasteiger partial charge in [-0.1, -0.05) is 29.8 Å². The van der Waals surface area contributed by atoms with E-state index in [1.807, 2.05) is 20.8 Å². The predicted octanol–water partition coefficient (Wildman–Crippen LogP) is 3.55. The minimum Gasteiger partial charge on any atom is -0.444 e. The van der Waals surface area contributed by atoms with Gasteiger partial charge in [0.1, 0.15) is 5.60 Å². The zero-order valence-corrected chi connectivity index (χ0v) is 14.8. The molecular formula is C19H29NO3. The molecule has 1 saturated heterocycles. The number of carbonyl (C=O) groups excluding carboxylic acids is 1.